The quantitative estimate of drug-likeness (QED) is 0.733. The Bertz CT molecular complexity index is 585. The van der Waals surface area contributed by atoms with E-state index in [2.05, 4.69) is 4.98 Å². The summed E-state index contributed by atoms with van der Waals surface area (Å²) in [5.41, 5.74) is 1.07. The van der Waals surface area contributed by atoms with Crippen LogP contribution in [0.3, 0.4) is 0 Å². The summed E-state index contributed by atoms with van der Waals surface area (Å²) in [5, 5.41) is 0. The van der Waals surface area contributed by atoms with Crippen LogP contribution in [0.2, 0.25) is 0 Å². The van der Waals surface area contributed by atoms with E-state index in [0.29, 0.717) is 23.5 Å². The summed E-state index contributed by atoms with van der Waals surface area (Å²) in [4.78, 5) is 6.41. The molecule has 1 aromatic heterocycles. The van der Waals surface area contributed by atoms with E-state index in [1.807, 2.05) is 24.9 Å². The monoisotopic (exact) mass is 297 g/mol. The van der Waals surface area contributed by atoms with Crippen molar-refractivity contribution in [2.24, 2.45) is 0 Å². The molecule has 21 heavy (non-hydrogen) atoms. The Hall–Kier alpha value is -1.53. The molecule has 0 spiro atoms. The minimum Gasteiger partial charge on any atom is -0.385 e. The maximum atomic E-state index is 13.4. The Balaban J connectivity index is 2.29. The number of ether oxygens (including phenoxy) is 1. The van der Waals surface area contributed by atoms with Gasteiger partial charge in [-0.25, -0.2) is 4.98 Å². The van der Waals surface area contributed by atoms with Gasteiger partial charge < -0.3 is 4.74 Å². The number of para-hydroxylation sites is 2. The molecule has 0 radical (unpaired) electrons. The van der Waals surface area contributed by atoms with Gasteiger partial charge in [0, 0.05) is 20.3 Å². The average molecular weight is 297 g/mol. The fourth-order valence-electron chi connectivity index (χ4n) is 2.41. The first-order valence-electron chi connectivity index (χ1n) is 7.00. The van der Waals surface area contributed by atoms with E-state index < -0.39 is 6.55 Å². The summed E-state index contributed by atoms with van der Waals surface area (Å²) in [6.07, 6.45) is 0.853. The van der Waals surface area contributed by atoms with Crippen LogP contribution in [-0.2, 0) is 4.74 Å². The molecule has 0 aliphatic rings. The number of imidazole rings is 1. The van der Waals surface area contributed by atoms with Crippen molar-refractivity contribution in [1.29, 1.82) is 0 Å². The van der Waals surface area contributed by atoms with Crippen LogP contribution in [0.15, 0.2) is 24.3 Å². The van der Waals surface area contributed by atoms with E-state index in [-0.39, 0.29) is 6.04 Å². The van der Waals surface area contributed by atoms with Gasteiger partial charge in [-0.05, 0) is 32.5 Å². The molecule has 1 aromatic carbocycles. The van der Waals surface area contributed by atoms with E-state index in [9.17, 15) is 8.78 Å². The molecule has 0 amide bonds. The van der Waals surface area contributed by atoms with Gasteiger partial charge in [-0.1, -0.05) is 12.1 Å². The fourth-order valence-corrected chi connectivity index (χ4v) is 2.41. The van der Waals surface area contributed by atoms with Crippen LogP contribution in [0.5, 0.6) is 0 Å². The number of hydrogen-bond donors (Lipinski definition) is 0. The Morgan fingerprint density at radius 2 is 2.05 bits per heavy atom. The molecule has 2 aromatic rings. The third-order valence-electron chi connectivity index (χ3n) is 3.71. The number of nitrogens with zero attached hydrogens (tertiary/aromatic N) is 3. The van der Waals surface area contributed by atoms with Crippen LogP contribution in [0.1, 0.15) is 31.8 Å². The first kappa shape index (κ1) is 15.9. The van der Waals surface area contributed by atoms with Gasteiger partial charge >= 0.3 is 6.55 Å². The molecule has 0 bridgehead atoms. The van der Waals surface area contributed by atoms with Crippen molar-refractivity contribution in [3.63, 3.8) is 0 Å². The van der Waals surface area contributed by atoms with Crippen LogP contribution in [-0.4, -0.2) is 41.8 Å². The van der Waals surface area contributed by atoms with Gasteiger partial charge in [-0.3, -0.25) is 9.47 Å². The zero-order valence-corrected chi connectivity index (χ0v) is 12.6. The summed E-state index contributed by atoms with van der Waals surface area (Å²) >= 11 is 0. The van der Waals surface area contributed by atoms with Crippen LogP contribution < -0.4 is 0 Å². The van der Waals surface area contributed by atoms with Crippen molar-refractivity contribution in [3.8, 4) is 0 Å². The van der Waals surface area contributed by atoms with Gasteiger partial charge in [0.25, 0.3) is 0 Å². The molecular formula is C15H21F2N3O. The predicted octanol–water partition coefficient (Wildman–Crippen LogP) is 3.46. The third-order valence-corrected chi connectivity index (χ3v) is 3.71. The minimum absolute atomic E-state index is 0.191. The molecule has 116 valence electrons. The van der Waals surface area contributed by atoms with Crippen LogP contribution >= 0.6 is 0 Å². The highest BCUT2D eigenvalue weighted by Crippen LogP contribution is 2.28. The summed E-state index contributed by atoms with van der Waals surface area (Å²) in [6.45, 7) is 0.721. The van der Waals surface area contributed by atoms with Crippen molar-refractivity contribution in [2.45, 2.75) is 25.9 Å². The highest BCUT2D eigenvalue weighted by molar-refractivity contribution is 5.76. The van der Waals surface area contributed by atoms with E-state index in [1.165, 1.54) is 0 Å². The van der Waals surface area contributed by atoms with Crippen molar-refractivity contribution >= 4 is 11.0 Å². The molecule has 0 N–H and O–H groups in total. The van der Waals surface area contributed by atoms with E-state index in [4.69, 9.17) is 4.74 Å². The Morgan fingerprint density at radius 3 is 2.71 bits per heavy atom. The second-order valence-corrected chi connectivity index (χ2v) is 5.11. The van der Waals surface area contributed by atoms with Crippen molar-refractivity contribution in [2.75, 3.05) is 27.3 Å². The SMILES string of the molecule is COCCCN(C)C(C)c1nc2ccccc2n1C(F)F. The molecule has 1 heterocycles. The van der Waals surface area contributed by atoms with Gasteiger partial charge in [-0.2, -0.15) is 8.78 Å². The number of rotatable bonds is 7. The minimum atomic E-state index is -2.60. The standard InChI is InChI=1S/C15H21F2N3O/c1-11(19(2)9-6-10-21-3)14-18-12-7-4-5-8-13(12)20(14)15(16)17/h4-5,7-8,11,15H,6,9-10H2,1-3H3. The van der Waals surface area contributed by atoms with E-state index >= 15 is 0 Å². The van der Waals surface area contributed by atoms with E-state index in [0.717, 1.165) is 17.5 Å². The lowest BCUT2D eigenvalue weighted by Crippen LogP contribution is -2.27. The molecule has 0 fully saturated rings. The number of halogens is 2. The highest BCUT2D eigenvalue weighted by atomic mass is 19.3. The number of alkyl halides is 2. The molecule has 6 heteroatoms. The number of aromatic nitrogens is 2. The molecule has 0 aliphatic heterocycles. The number of fused-ring (bicyclic) bond motifs is 1. The van der Waals surface area contributed by atoms with Gasteiger partial charge in [0.15, 0.2) is 0 Å². The second-order valence-electron chi connectivity index (χ2n) is 5.11. The normalized spacial score (nSPS) is 13.5. The van der Waals surface area contributed by atoms with Gasteiger partial charge in [0.05, 0.1) is 17.1 Å². The lowest BCUT2D eigenvalue weighted by Gasteiger charge is -2.24. The summed E-state index contributed by atoms with van der Waals surface area (Å²) in [5.74, 6) is 0.395. The zero-order chi connectivity index (χ0) is 15.4. The second kappa shape index (κ2) is 6.95. The summed E-state index contributed by atoms with van der Waals surface area (Å²) in [6, 6.07) is 6.80. The number of benzene rings is 1. The lowest BCUT2D eigenvalue weighted by atomic mass is 10.2. The van der Waals surface area contributed by atoms with Crippen molar-refractivity contribution in [1.82, 2.24) is 14.5 Å². The smallest absolute Gasteiger partial charge is 0.320 e. The van der Waals surface area contributed by atoms with Crippen LogP contribution in [0.25, 0.3) is 11.0 Å². The molecule has 0 saturated carbocycles. The predicted molar refractivity (Wildman–Crippen MR) is 78.5 cm³/mol. The maximum absolute atomic E-state index is 13.4. The highest BCUT2D eigenvalue weighted by Gasteiger charge is 2.23. The van der Waals surface area contributed by atoms with Gasteiger partial charge in [0.2, 0.25) is 0 Å². The molecule has 0 aliphatic carbocycles. The molecule has 2 rings (SSSR count). The molecule has 1 atom stereocenters. The zero-order valence-electron chi connectivity index (χ0n) is 12.6. The lowest BCUT2D eigenvalue weighted by molar-refractivity contribution is 0.0655. The third kappa shape index (κ3) is 3.39. The Morgan fingerprint density at radius 1 is 1.33 bits per heavy atom. The van der Waals surface area contributed by atoms with Gasteiger partial charge in [-0.15, -0.1) is 0 Å². The topological polar surface area (TPSA) is 30.3 Å². The van der Waals surface area contributed by atoms with E-state index in [1.54, 1.807) is 25.3 Å². The molecule has 0 saturated heterocycles. The largest absolute Gasteiger partial charge is 0.385 e. The summed E-state index contributed by atoms with van der Waals surface area (Å²) < 4.78 is 32.9. The fraction of sp³-hybridized carbons (Fsp3) is 0.533. The Labute approximate surface area is 123 Å². The molecule has 1 unspecified atom stereocenters. The molecule has 4 nitrogen and oxygen atoms in total. The number of hydrogen-bond acceptors (Lipinski definition) is 3. The van der Waals surface area contributed by atoms with Crippen LogP contribution in [0.4, 0.5) is 8.78 Å². The average Bonchev–Trinajstić information content (AvgIpc) is 2.86. The summed E-state index contributed by atoms with van der Waals surface area (Å²) in [7, 11) is 3.56. The van der Waals surface area contributed by atoms with Crippen LogP contribution in [0, 0.1) is 0 Å². The van der Waals surface area contributed by atoms with Gasteiger partial charge in [0.1, 0.15) is 5.82 Å². The van der Waals surface area contributed by atoms with Crippen molar-refractivity contribution < 1.29 is 13.5 Å². The first-order chi connectivity index (χ1) is 10.1. The Kier molecular flexibility index (Phi) is 5.25. The first-order valence-corrected chi connectivity index (χ1v) is 7.00. The maximum Gasteiger partial charge on any atom is 0.320 e. The number of methoxy groups -OCH3 is 1. The van der Waals surface area contributed by atoms with Crippen molar-refractivity contribution in [3.05, 3.63) is 30.1 Å². The molecular weight excluding hydrogens is 276 g/mol.